The van der Waals surface area contributed by atoms with Gasteiger partial charge in [0.25, 0.3) is 0 Å². The summed E-state index contributed by atoms with van der Waals surface area (Å²) in [5.74, 6) is 0.173. The number of likely N-dealkylation sites (N-methyl/N-ethyl adjacent to an activating group) is 1. The van der Waals surface area contributed by atoms with E-state index >= 15 is 0 Å². The lowest BCUT2D eigenvalue weighted by atomic mass is 10.1. The van der Waals surface area contributed by atoms with Crippen LogP contribution in [-0.4, -0.2) is 69.6 Å². The minimum atomic E-state index is -0.0673. The van der Waals surface area contributed by atoms with E-state index in [9.17, 15) is 4.79 Å². The zero-order chi connectivity index (χ0) is 15.4. The summed E-state index contributed by atoms with van der Waals surface area (Å²) in [4.78, 5) is 18.3. The number of nitrogens with zero attached hydrogens (tertiary/aromatic N) is 3. The normalized spacial score (nSPS) is 19.3. The number of carbonyl (C=O) groups excluding carboxylic acids is 1. The molecule has 1 aromatic rings. The molecule has 0 radical (unpaired) electrons. The van der Waals surface area contributed by atoms with Crippen LogP contribution >= 0.6 is 0 Å². The summed E-state index contributed by atoms with van der Waals surface area (Å²) in [6.07, 6.45) is 0. The first kappa shape index (κ1) is 15.8. The molecule has 0 saturated carbocycles. The lowest BCUT2D eigenvalue weighted by Gasteiger charge is -2.36. The van der Waals surface area contributed by atoms with Crippen LogP contribution in [-0.2, 0) is 11.3 Å². The van der Waals surface area contributed by atoms with Gasteiger partial charge in [-0.05, 0) is 17.7 Å². The highest BCUT2D eigenvalue weighted by molar-refractivity contribution is 5.81. The van der Waals surface area contributed by atoms with Gasteiger partial charge < -0.3 is 15.1 Å². The summed E-state index contributed by atoms with van der Waals surface area (Å²) in [5, 5.41) is 3.31. The van der Waals surface area contributed by atoms with Crippen molar-refractivity contribution in [1.29, 1.82) is 0 Å². The van der Waals surface area contributed by atoms with E-state index in [1.807, 2.05) is 28.2 Å². The Morgan fingerprint density at radius 3 is 2.48 bits per heavy atom. The average Bonchev–Trinajstić information content (AvgIpc) is 2.47. The SMILES string of the molecule is CN(C)C(=O)C1CNCCN1Cc1ccc(N(C)C)cc1. The van der Waals surface area contributed by atoms with Crippen molar-refractivity contribution >= 4 is 11.6 Å². The number of benzene rings is 1. The zero-order valence-corrected chi connectivity index (χ0v) is 13.5. The smallest absolute Gasteiger partial charge is 0.240 e. The molecule has 1 amide bonds. The van der Waals surface area contributed by atoms with E-state index in [-0.39, 0.29) is 11.9 Å². The van der Waals surface area contributed by atoms with Crippen LogP contribution in [0.15, 0.2) is 24.3 Å². The van der Waals surface area contributed by atoms with Crippen molar-refractivity contribution in [3.05, 3.63) is 29.8 Å². The third-order valence-corrected chi connectivity index (χ3v) is 3.92. The predicted octanol–water partition coefficient (Wildman–Crippen LogP) is 0.615. The van der Waals surface area contributed by atoms with Gasteiger partial charge in [-0.1, -0.05) is 12.1 Å². The Bertz CT molecular complexity index is 470. The van der Waals surface area contributed by atoms with Crippen LogP contribution in [0.3, 0.4) is 0 Å². The van der Waals surface area contributed by atoms with E-state index in [4.69, 9.17) is 0 Å². The molecule has 5 nitrogen and oxygen atoms in total. The van der Waals surface area contributed by atoms with Gasteiger partial charge in [0.2, 0.25) is 5.91 Å². The summed E-state index contributed by atoms with van der Waals surface area (Å²) in [7, 11) is 7.72. The first-order valence-corrected chi connectivity index (χ1v) is 7.41. The average molecular weight is 290 g/mol. The molecule has 0 bridgehead atoms. The molecule has 1 aliphatic heterocycles. The maximum atomic E-state index is 12.3. The Morgan fingerprint density at radius 2 is 1.90 bits per heavy atom. The number of hydrogen-bond donors (Lipinski definition) is 1. The summed E-state index contributed by atoms with van der Waals surface area (Å²) in [6, 6.07) is 8.48. The Balaban J connectivity index is 2.06. The van der Waals surface area contributed by atoms with Gasteiger partial charge in [0.1, 0.15) is 6.04 Å². The summed E-state index contributed by atoms with van der Waals surface area (Å²) >= 11 is 0. The van der Waals surface area contributed by atoms with Crippen LogP contribution in [0.1, 0.15) is 5.56 Å². The second-order valence-electron chi connectivity index (χ2n) is 5.98. The van der Waals surface area contributed by atoms with E-state index in [1.54, 1.807) is 4.90 Å². The molecule has 1 aromatic carbocycles. The summed E-state index contributed by atoms with van der Waals surface area (Å²) in [5.41, 5.74) is 2.44. The molecule has 1 fully saturated rings. The Hall–Kier alpha value is -1.59. The number of amides is 1. The fourth-order valence-corrected chi connectivity index (χ4v) is 2.61. The van der Waals surface area contributed by atoms with Crippen LogP contribution in [0.5, 0.6) is 0 Å². The van der Waals surface area contributed by atoms with Gasteiger partial charge in [0.05, 0.1) is 0 Å². The number of piperazine rings is 1. The number of carbonyl (C=O) groups is 1. The van der Waals surface area contributed by atoms with Crippen molar-refractivity contribution in [3.63, 3.8) is 0 Å². The van der Waals surface area contributed by atoms with Crippen LogP contribution in [0.25, 0.3) is 0 Å². The topological polar surface area (TPSA) is 38.8 Å². The molecular weight excluding hydrogens is 264 g/mol. The molecule has 5 heteroatoms. The molecule has 1 saturated heterocycles. The largest absolute Gasteiger partial charge is 0.378 e. The van der Waals surface area contributed by atoms with Gasteiger partial charge in [-0.25, -0.2) is 0 Å². The molecule has 0 spiro atoms. The van der Waals surface area contributed by atoms with Gasteiger partial charge in [-0.15, -0.1) is 0 Å². The monoisotopic (exact) mass is 290 g/mol. The lowest BCUT2D eigenvalue weighted by molar-refractivity contribution is -0.135. The summed E-state index contributed by atoms with van der Waals surface area (Å²) in [6.45, 7) is 3.39. The number of hydrogen-bond acceptors (Lipinski definition) is 4. The highest BCUT2D eigenvalue weighted by Crippen LogP contribution is 2.16. The maximum absolute atomic E-state index is 12.3. The number of rotatable bonds is 4. The molecule has 0 aromatic heterocycles. The third kappa shape index (κ3) is 3.95. The lowest BCUT2D eigenvalue weighted by Crippen LogP contribution is -2.57. The van der Waals surface area contributed by atoms with Crippen molar-refractivity contribution in [1.82, 2.24) is 15.1 Å². The van der Waals surface area contributed by atoms with E-state index in [0.29, 0.717) is 0 Å². The van der Waals surface area contributed by atoms with Crippen molar-refractivity contribution in [2.75, 3.05) is 52.7 Å². The molecule has 1 unspecified atom stereocenters. The molecule has 1 atom stereocenters. The molecule has 21 heavy (non-hydrogen) atoms. The fourth-order valence-electron chi connectivity index (χ4n) is 2.61. The van der Waals surface area contributed by atoms with E-state index in [1.165, 1.54) is 11.3 Å². The van der Waals surface area contributed by atoms with Gasteiger partial charge in [0.15, 0.2) is 0 Å². The zero-order valence-electron chi connectivity index (χ0n) is 13.5. The van der Waals surface area contributed by atoms with Crippen LogP contribution in [0.2, 0.25) is 0 Å². The fraction of sp³-hybridized carbons (Fsp3) is 0.562. The van der Waals surface area contributed by atoms with Crippen molar-refractivity contribution < 1.29 is 4.79 Å². The highest BCUT2D eigenvalue weighted by Gasteiger charge is 2.29. The van der Waals surface area contributed by atoms with Gasteiger partial charge >= 0.3 is 0 Å². The molecular formula is C16H26N4O. The van der Waals surface area contributed by atoms with Crippen LogP contribution < -0.4 is 10.2 Å². The molecule has 2 rings (SSSR count). The van der Waals surface area contributed by atoms with Crippen molar-refractivity contribution in [2.45, 2.75) is 12.6 Å². The predicted molar refractivity (Wildman–Crippen MR) is 86.5 cm³/mol. The second-order valence-corrected chi connectivity index (χ2v) is 5.98. The van der Waals surface area contributed by atoms with E-state index in [2.05, 4.69) is 39.4 Å². The van der Waals surface area contributed by atoms with Crippen molar-refractivity contribution in [3.8, 4) is 0 Å². The molecule has 1 heterocycles. The van der Waals surface area contributed by atoms with E-state index < -0.39 is 0 Å². The van der Waals surface area contributed by atoms with Gasteiger partial charge in [0, 0.05) is 60.1 Å². The van der Waals surface area contributed by atoms with Crippen LogP contribution in [0, 0.1) is 0 Å². The molecule has 116 valence electrons. The Labute approximate surface area is 127 Å². The van der Waals surface area contributed by atoms with Crippen LogP contribution in [0.4, 0.5) is 5.69 Å². The quantitative estimate of drug-likeness (QED) is 0.882. The summed E-state index contributed by atoms with van der Waals surface area (Å²) < 4.78 is 0. The Kier molecular flexibility index (Phi) is 5.20. The minimum Gasteiger partial charge on any atom is -0.378 e. The molecule has 0 aliphatic carbocycles. The first-order chi connectivity index (χ1) is 9.99. The Morgan fingerprint density at radius 1 is 1.24 bits per heavy atom. The molecule has 1 N–H and O–H groups in total. The molecule has 1 aliphatic rings. The highest BCUT2D eigenvalue weighted by atomic mass is 16.2. The standard InChI is InChI=1S/C16H26N4O/c1-18(2)14-7-5-13(6-8-14)12-20-10-9-17-11-15(20)16(21)19(3)4/h5-8,15,17H,9-12H2,1-4H3. The maximum Gasteiger partial charge on any atom is 0.240 e. The van der Waals surface area contributed by atoms with Crippen molar-refractivity contribution in [2.24, 2.45) is 0 Å². The third-order valence-electron chi connectivity index (χ3n) is 3.92. The van der Waals surface area contributed by atoms with Gasteiger partial charge in [-0.3, -0.25) is 9.69 Å². The number of nitrogens with one attached hydrogen (secondary N) is 1. The van der Waals surface area contributed by atoms with Gasteiger partial charge in [-0.2, -0.15) is 0 Å². The van der Waals surface area contributed by atoms with E-state index in [0.717, 1.165) is 26.2 Å². The first-order valence-electron chi connectivity index (χ1n) is 7.41. The second kappa shape index (κ2) is 6.91. The number of anilines is 1. The minimum absolute atomic E-state index is 0.0673.